The fourth-order valence-electron chi connectivity index (χ4n) is 2.26. The van der Waals surface area contributed by atoms with Gasteiger partial charge in [-0.3, -0.25) is 0 Å². The maximum Gasteiger partial charge on any atom is 0.154 e. The van der Waals surface area contributed by atoms with E-state index in [0.29, 0.717) is 5.82 Å². The number of hydrogen-bond acceptors (Lipinski definition) is 4. The number of nitrogen functional groups attached to an aromatic ring is 1. The topological polar surface area (TPSA) is 64.9 Å². The average molecular weight is 281 g/mol. The molecule has 0 amide bonds. The van der Waals surface area contributed by atoms with Crippen LogP contribution in [0.4, 0.5) is 5.82 Å². The van der Waals surface area contributed by atoms with Crippen LogP contribution < -0.4 is 5.73 Å². The zero-order chi connectivity index (χ0) is 15.2. The Morgan fingerprint density at radius 3 is 2.52 bits per heavy atom. The van der Waals surface area contributed by atoms with Gasteiger partial charge in [-0.15, -0.1) is 0 Å². The van der Waals surface area contributed by atoms with Crippen LogP contribution in [-0.4, -0.2) is 9.97 Å². The van der Waals surface area contributed by atoms with Gasteiger partial charge < -0.3 is 10.2 Å². The van der Waals surface area contributed by atoms with Crippen molar-refractivity contribution in [2.75, 3.05) is 5.73 Å². The molecule has 0 aliphatic carbocycles. The zero-order valence-corrected chi connectivity index (χ0v) is 12.8. The second kappa shape index (κ2) is 4.58. The van der Waals surface area contributed by atoms with Gasteiger partial charge in [-0.25, -0.2) is 9.97 Å². The molecule has 108 valence electrons. The molecule has 1 aromatic carbocycles. The molecule has 3 aromatic rings. The van der Waals surface area contributed by atoms with E-state index in [1.165, 1.54) is 0 Å². The number of aromatic nitrogens is 2. The van der Waals surface area contributed by atoms with Gasteiger partial charge >= 0.3 is 0 Å². The van der Waals surface area contributed by atoms with E-state index < -0.39 is 0 Å². The van der Waals surface area contributed by atoms with Gasteiger partial charge in [0.2, 0.25) is 0 Å². The van der Waals surface area contributed by atoms with Crippen molar-refractivity contribution in [2.45, 2.75) is 33.1 Å². The van der Waals surface area contributed by atoms with Crippen LogP contribution in [0.15, 0.2) is 34.7 Å². The Balaban J connectivity index is 2.18. The number of benzene rings is 1. The van der Waals surface area contributed by atoms with Gasteiger partial charge in [0.25, 0.3) is 0 Å². The molecule has 0 spiro atoms. The highest BCUT2D eigenvalue weighted by molar-refractivity contribution is 5.84. The molecule has 21 heavy (non-hydrogen) atoms. The SMILES string of the molecule is Cc1cccc2cc(-c3cc(N)nc(C(C)(C)C)n3)oc12. The van der Waals surface area contributed by atoms with Crippen molar-refractivity contribution in [2.24, 2.45) is 0 Å². The highest BCUT2D eigenvalue weighted by Crippen LogP contribution is 2.30. The van der Waals surface area contributed by atoms with Crippen LogP contribution in [0.1, 0.15) is 32.2 Å². The van der Waals surface area contributed by atoms with E-state index >= 15 is 0 Å². The van der Waals surface area contributed by atoms with E-state index in [9.17, 15) is 0 Å². The standard InChI is InChI=1S/C17H19N3O/c1-10-6-5-7-11-8-13(21-15(10)11)12-9-14(18)20-16(19-12)17(2,3)4/h5-9H,1-4H3,(H2,18,19,20). The lowest BCUT2D eigenvalue weighted by atomic mass is 9.95. The predicted molar refractivity (Wildman–Crippen MR) is 85.1 cm³/mol. The van der Waals surface area contributed by atoms with Crippen molar-refractivity contribution in [3.8, 4) is 11.5 Å². The summed E-state index contributed by atoms with van der Waals surface area (Å²) in [7, 11) is 0. The van der Waals surface area contributed by atoms with Gasteiger partial charge in [-0.05, 0) is 18.6 Å². The van der Waals surface area contributed by atoms with Crippen molar-refractivity contribution in [3.63, 3.8) is 0 Å². The van der Waals surface area contributed by atoms with Gasteiger partial charge in [0.05, 0.1) is 0 Å². The fraction of sp³-hybridized carbons (Fsp3) is 0.294. The van der Waals surface area contributed by atoms with E-state index in [-0.39, 0.29) is 5.41 Å². The number of nitrogens with zero attached hydrogens (tertiary/aromatic N) is 2. The van der Waals surface area contributed by atoms with Crippen molar-refractivity contribution >= 4 is 16.8 Å². The predicted octanol–water partition coefficient (Wildman–Crippen LogP) is 4.08. The number of aryl methyl sites for hydroxylation is 1. The monoisotopic (exact) mass is 281 g/mol. The molecule has 2 aromatic heterocycles. The van der Waals surface area contributed by atoms with Crippen LogP contribution in [0.2, 0.25) is 0 Å². The first kappa shape index (κ1) is 13.6. The molecular formula is C17H19N3O. The number of hydrogen-bond donors (Lipinski definition) is 1. The van der Waals surface area contributed by atoms with E-state index in [1.807, 2.05) is 31.2 Å². The second-order valence-electron chi connectivity index (χ2n) is 6.36. The van der Waals surface area contributed by atoms with Crippen LogP contribution in [0.3, 0.4) is 0 Å². The molecule has 4 heteroatoms. The molecule has 2 heterocycles. The van der Waals surface area contributed by atoms with E-state index in [2.05, 4.69) is 30.7 Å². The Bertz CT molecular complexity index is 813. The maximum absolute atomic E-state index is 5.96. The summed E-state index contributed by atoms with van der Waals surface area (Å²) in [6, 6.07) is 9.83. The highest BCUT2D eigenvalue weighted by Gasteiger charge is 2.20. The molecule has 2 N–H and O–H groups in total. The average Bonchev–Trinajstić information content (AvgIpc) is 2.82. The molecule has 0 unspecified atom stereocenters. The van der Waals surface area contributed by atoms with Crippen LogP contribution >= 0.6 is 0 Å². The lowest BCUT2D eigenvalue weighted by Gasteiger charge is -2.17. The summed E-state index contributed by atoms with van der Waals surface area (Å²) in [5, 5.41) is 1.07. The summed E-state index contributed by atoms with van der Waals surface area (Å²) in [5.41, 5.74) is 8.49. The normalized spacial score (nSPS) is 12.0. The first-order valence-corrected chi connectivity index (χ1v) is 6.99. The van der Waals surface area contributed by atoms with Crippen molar-refractivity contribution in [1.82, 2.24) is 9.97 Å². The Kier molecular flexibility index (Phi) is 2.97. The second-order valence-corrected chi connectivity index (χ2v) is 6.36. The van der Waals surface area contributed by atoms with Gasteiger partial charge in [0, 0.05) is 16.9 Å². The van der Waals surface area contributed by atoms with Crippen molar-refractivity contribution in [1.29, 1.82) is 0 Å². The van der Waals surface area contributed by atoms with Gasteiger partial charge in [-0.2, -0.15) is 0 Å². The lowest BCUT2D eigenvalue weighted by Crippen LogP contribution is -2.17. The third-order valence-corrected chi connectivity index (χ3v) is 3.41. The summed E-state index contributed by atoms with van der Waals surface area (Å²) in [6.07, 6.45) is 0. The third kappa shape index (κ3) is 2.49. The highest BCUT2D eigenvalue weighted by atomic mass is 16.3. The largest absolute Gasteiger partial charge is 0.454 e. The minimum absolute atomic E-state index is 0.161. The maximum atomic E-state index is 5.96. The van der Waals surface area contributed by atoms with Crippen molar-refractivity contribution in [3.05, 3.63) is 41.7 Å². The minimum atomic E-state index is -0.161. The van der Waals surface area contributed by atoms with E-state index in [0.717, 1.165) is 33.8 Å². The number of nitrogens with two attached hydrogens (primary N) is 1. The minimum Gasteiger partial charge on any atom is -0.454 e. The summed E-state index contributed by atoms with van der Waals surface area (Å²) >= 11 is 0. The molecule has 0 aliphatic heterocycles. The number of fused-ring (bicyclic) bond motifs is 1. The molecule has 0 aliphatic rings. The number of anilines is 1. The zero-order valence-electron chi connectivity index (χ0n) is 12.8. The van der Waals surface area contributed by atoms with Gasteiger partial charge in [0.1, 0.15) is 22.9 Å². The Morgan fingerprint density at radius 2 is 1.86 bits per heavy atom. The number of para-hydroxylation sites is 1. The molecule has 0 saturated heterocycles. The van der Waals surface area contributed by atoms with Gasteiger partial charge in [-0.1, -0.05) is 39.0 Å². The smallest absolute Gasteiger partial charge is 0.154 e. The van der Waals surface area contributed by atoms with Crippen LogP contribution in [0.5, 0.6) is 0 Å². The molecular weight excluding hydrogens is 262 g/mol. The number of furan rings is 1. The first-order chi connectivity index (χ1) is 9.84. The number of rotatable bonds is 1. The Hall–Kier alpha value is -2.36. The molecule has 0 saturated carbocycles. The molecule has 0 fully saturated rings. The summed E-state index contributed by atoms with van der Waals surface area (Å²) in [4.78, 5) is 8.94. The molecule has 0 atom stereocenters. The molecule has 3 rings (SSSR count). The van der Waals surface area contributed by atoms with E-state index in [4.69, 9.17) is 10.2 Å². The van der Waals surface area contributed by atoms with Crippen LogP contribution in [0.25, 0.3) is 22.4 Å². The van der Waals surface area contributed by atoms with E-state index in [1.54, 1.807) is 6.07 Å². The summed E-state index contributed by atoms with van der Waals surface area (Å²) < 4.78 is 5.96. The summed E-state index contributed by atoms with van der Waals surface area (Å²) in [6.45, 7) is 8.22. The fourth-order valence-corrected chi connectivity index (χ4v) is 2.26. The first-order valence-electron chi connectivity index (χ1n) is 6.99. The van der Waals surface area contributed by atoms with Gasteiger partial charge in [0.15, 0.2) is 5.76 Å². The third-order valence-electron chi connectivity index (χ3n) is 3.41. The molecule has 0 radical (unpaired) electrons. The molecule has 4 nitrogen and oxygen atoms in total. The quantitative estimate of drug-likeness (QED) is 0.730. The summed E-state index contributed by atoms with van der Waals surface area (Å²) in [5.74, 6) is 1.90. The Morgan fingerprint density at radius 1 is 1.10 bits per heavy atom. The lowest BCUT2D eigenvalue weighted by molar-refractivity contribution is 0.544. The molecule has 0 bridgehead atoms. The van der Waals surface area contributed by atoms with Crippen LogP contribution in [-0.2, 0) is 5.41 Å². The van der Waals surface area contributed by atoms with Crippen molar-refractivity contribution < 1.29 is 4.42 Å². The van der Waals surface area contributed by atoms with Crippen LogP contribution in [0, 0.1) is 6.92 Å². The Labute approximate surface area is 124 Å².